The average molecular weight is 381 g/mol. The summed E-state index contributed by atoms with van der Waals surface area (Å²) < 4.78 is 0. The fourth-order valence-electron chi connectivity index (χ4n) is 3.59. The first-order valence-corrected chi connectivity index (χ1v) is 9.30. The Labute approximate surface area is 163 Å². The van der Waals surface area contributed by atoms with Crippen LogP contribution in [0.25, 0.3) is 11.1 Å². The molecule has 138 valence electrons. The van der Waals surface area contributed by atoms with Crippen molar-refractivity contribution in [3.8, 4) is 11.1 Å². The highest BCUT2D eigenvalue weighted by molar-refractivity contribution is 6.22. The minimum atomic E-state index is -0.604. The van der Waals surface area contributed by atoms with Gasteiger partial charge in [-0.05, 0) is 57.0 Å². The van der Waals surface area contributed by atoms with Gasteiger partial charge in [-0.1, -0.05) is 23.7 Å². The third-order valence-electron chi connectivity index (χ3n) is 5.07. The van der Waals surface area contributed by atoms with Crippen molar-refractivity contribution in [2.24, 2.45) is 0 Å². The molecule has 0 saturated heterocycles. The van der Waals surface area contributed by atoms with Gasteiger partial charge in [0.25, 0.3) is 0 Å². The SMILES string of the molecule is CC1=CC(N2C(=O)C(C)(C)c3ccc(-c4cnc(C)nc4)cc32)=CC(Cl)N1. The first-order chi connectivity index (χ1) is 12.8. The van der Waals surface area contributed by atoms with Crippen molar-refractivity contribution in [3.05, 3.63) is 65.5 Å². The minimum Gasteiger partial charge on any atom is -0.370 e. The van der Waals surface area contributed by atoms with Crippen molar-refractivity contribution < 1.29 is 4.79 Å². The first kappa shape index (κ1) is 17.7. The Bertz CT molecular complexity index is 992. The predicted molar refractivity (Wildman–Crippen MR) is 107 cm³/mol. The Morgan fingerprint density at radius 3 is 2.52 bits per heavy atom. The molecule has 0 radical (unpaired) electrons. The molecule has 0 saturated carbocycles. The quantitative estimate of drug-likeness (QED) is 0.631. The van der Waals surface area contributed by atoms with Crippen molar-refractivity contribution in [2.45, 2.75) is 38.6 Å². The fourth-order valence-corrected chi connectivity index (χ4v) is 3.89. The first-order valence-electron chi connectivity index (χ1n) is 8.86. The molecular formula is C21H21ClN4O. The monoisotopic (exact) mass is 380 g/mol. The maximum absolute atomic E-state index is 13.3. The summed E-state index contributed by atoms with van der Waals surface area (Å²) in [5, 5.41) is 3.13. The Balaban J connectivity index is 1.86. The number of aryl methyl sites for hydroxylation is 1. The van der Waals surface area contributed by atoms with Crippen molar-refractivity contribution in [1.82, 2.24) is 15.3 Å². The van der Waals surface area contributed by atoms with E-state index < -0.39 is 5.41 Å². The zero-order valence-electron chi connectivity index (χ0n) is 15.7. The number of rotatable bonds is 2. The van der Waals surface area contributed by atoms with E-state index in [1.807, 2.05) is 58.0 Å². The van der Waals surface area contributed by atoms with Gasteiger partial charge in [-0.3, -0.25) is 9.69 Å². The van der Waals surface area contributed by atoms with Crippen molar-refractivity contribution in [3.63, 3.8) is 0 Å². The molecule has 1 N–H and O–H groups in total. The van der Waals surface area contributed by atoms with Crippen molar-refractivity contribution >= 4 is 23.2 Å². The maximum atomic E-state index is 13.3. The number of carbonyl (C=O) groups excluding carboxylic acids is 1. The minimum absolute atomic E-state index is 0.0378. The van der Waals surface area contributed by atoms with Crippen LogP contribution < -0.4 is 10.2 Å². The second kappa shape index (κ2) is 6.20. The van der Waals surface area contributed by atoms with Gasteiger partial charge in [-0.2, -0.15) is 0 Å². The lowest BCUT2D eigenvalue weighted by Gasteiger charge is -2.26. The number of dihydropyridines is 1. The topological polar surface area (TPSA) is 58.1 Å². The summed E-state index contributed by atoms with van der Waals surface area (Å²) in [4.78, 5) is 23.6. The zero-order valence-corrected chi connectivity index (χ0v) is 16.5. The molecule has 1 atom stereocenters. The summed E-state index contributed by atoms with van der Waals surface area (Å²) in [6, 6.07) is 6.08. The predicted octanol–water partition coefficient (Wildman–Crippen LogP) is 4.03. The lowest BCUT2D eigenvalue weighted by molar-refractivity contribution is -0.121. The summed E-state index contributed by atoms with van der Waals surface area (Å²) in [6.45, 7) is 7.71. The van der Waals surface area contributed by atoms with Crippen LogP contribution >= 0.6 is 11.6 Å². The molecule has 27 heavy (non-hydrogen) atoms. The number of nitrogens with zero attached hydrogens (tertiary/aromatic N) is 3. The molecule has 1 aromatic carbocycles. The number of hydrogen-bond donors (Lipinski definition) is 1. The van der Waals surface area contributed by atoms with E-state index in [0.29, 0.717) is 0 Å². The van der Waals surface area contributed by atoms with Gasteiger partial charge in [0.05, 0.1) is 11.1 Å². The van der Waals surface area contributed by atoms with E-state index in [4.69, 9.17) is 11.6 Å². The maximum Gasteiger partial charge on any atom is 0.241 e. The highest BCUT2D eigenvalue weighted by atomic mass is 35.5. The van der Waals surface area contributed by atoms with Gasteiger partial charge in [-0.15, -0.1) is 0 Å². The van der Waals surface area contributed by atoms with E-state index in [-0.39, 0.29) is 11.4 Å². The van der Waals surface area contributed by atoms with Crippen LogP contribution in [0.4, 0.5) is 5.69 Å². The van der Waals surface area contributed by atoms with Gasteiger partial charge in [0, 0.05) is 29.4 Å². The third-order valence-corrected chi connectivity index (χ3v) is 5.30. The molecule has 1 amide bonds. The lowest BCUT2D eigenvalue weighted by atomic mass is 9.85. The molecule has 1 unspecified atom stereocenters. The Morgan fingerprint density at radius 2 is 1.85 bits per heavy atom. The number of nitrogens with one attached hydrogen (secondary N) is 1. The van der Waals surface area contributed by atoms with E-state index in [2.05, 4.69) is 15.3 Å². The molecular weight excluding hydrogens is 360 g/mol. The van der Waals surface area contributed by atoms with E-state index >= 15 is 0 Å². The van der Waals surface area contributed by atoms with E-state index in [1.165, 1.54) is 0 Å². The van der Waals surface area contributed by atoms with E-state index in [9.17, 15) is 4.79 Å². The van der Waals surface area contributed by atoms with Gasteiger partial charge in [0.2, 0.25) is 5.91 Å². The molecule has 2 aliphatic heterocycles. The summed E-state index contributed by atoms with van der Waals surface area (Å²) in [6.07, 6.45) is 7.42. The summed E-state index contributed by atoms with van der Waals surface area (Å²) in [7, 11) is 0. The second-order valence-electron chi connectivity index (χ2n) is 7.48. The van der Waals surface area contributed by atoms with Crippen LogP contribution in [0.5, 0.6) is 0 Å². The second-order valence-corrected chi connectivity index (χ2v) is 7.95. The Morgan fingerprint density at radius 1 is 1.15 bits per heavy atom. The fraction of sp³-hybridized carbons (Fsp3) is 0.286. The van der Waals surface area contributed by atoms with E-state index in [1.54, 1.807) is 17.3 Å². The number of fused-ring (bicyclic) bond motifs is 1. The number of alkyl halides is 1. The molecule has 0 aliphatic carbocycles. The number of hydrogen-bond acceptors (Lipinski definition) is 4. The van der Waals surface area contributed by atoms with Crippen LogP contribution in [0, 0.1) is 6.92 Å². The van der Waals surface area contributed by atoms with Crippen molar-refractivity contribution in [1.29, 1.82) is 0 Å². The molecule has 0 fully saturated rings. The highest BCUT2D eigenvalue weighted by Gasteiger charge is 2.45. The van der Waals surface area contributed by atoms with Gasteiger partial charge < -0.3 is 5.32 Å². The number of anilines is 1. The zero-order chi connectivity index (χ0) is 19.3. The number of carbonyl (C=O) groups is 1. The Kier molecular flexibility index (Phi) is 4.07. The van der Waals surface area contributed by atoms with Crippen LogP contribution in [0.3, 0.4) is 0 Å². The number of amides is 1. The van der Waals surface area contributed by atoms with Gasteiger partial charge >= 0.3 is 0 Å². The molecule has 3 heterocycles. The van der Waals surface area contributed by atoms with Crippen LogP contribution in [-0.4, -0.2) is 21.4 Å². The van der Waals surface area contributed by atoms with Crippen LogP contribution in [-0.2, 0) is 10.2 Å². The van der Waals surface area contributed by atoms with E-state index in [0.717, 1.165) is 39.6 Å². The van der Waals surface area contributed by atoms with Gasteiger partial charge in [0.15, 0.2) is 0 Å². The number of aromatic nitrogens is 2. The van der Waals surface area contributed by atoms with Crippen LogP contribution in [0.15, 0.2) is 54.1 Å². The van der Waals surface area contributed by atoms with Gasteiger partial charge in [-0.25, -0.2) is 9.97 Å². The standard InChI is InChI=1S/C21H21ClN4O/c1-12-7-16(9-19(22)25-12)26-18-8-14(15-10-23-13(2)24-11-15)5-6-17(18)21(3,4)20(26)27/h5-11,19,25H,1-4H3. The molecule has 6 heteroatoms. The molecule has 1 aromatic heterocycles. The number of allylic oxidation sites excluding steroid dienone is 2. The molecule has 0 spiro atoms. The smallest absolute Gasteiger partial charge is 0.241 e. The lowest BCUT2D eigenvalue weighted by Crippen LogP contribution is -2.37. The summed E-state index contributed by atoms with van der Waals surface area (Å²) in [5.74, 6) is 0.766. The molecule has 4 rings (SSSR count). The van der Waals surface area contributed by atoms with Gasteiger partial charge in [0.1, 0.15) is 11.3 Å². The molecule has 5 nitrogen and oxygen atoms in total. The summed E-state index contributed by atoms with van der Waals surface area (Å²) in [5.41, 5.74) is 4.54. The molecule has 0 bridgehead atoms. The summed E-state index contributed by atoms with van der Waals surface area (Å²) >= 11 is 6.29. The average Bonchev–Trinajstić information content (AvgIpc) is 2.81. The largest absolute Gasteiger partial charge is 0.370 e. The molecule has 2 aromatic rings. The number of halogens is 1. The number of benzene rings is 1. The third kappa shape index (κ3) is 2.92. The normalized spacial score (nSPS) is 20.7. The highest BCUT2D eigenvalue weighted by Crippen LogP contribution is 2.45. The van der Waals surface area contributed by atoms with Crippen LogP contribution in [0.2, 0.25) is 0 Å². The Hall–Kier alpha value is -2.66. The van der Waals surface area contributed by atoms with Crippen LogP contribution in [0.1, 0.15) is 32.2 Å². The molecule has 2 aliphatic rings. The van der Waals surface area contributed by atoms with Crippen molar-refractivity contribution in [2.75, 3.05) is 4.90 Å².